The van der Waals surface area contributed by atoms with Gasteiger partial charge in [0.15, 0.2) is 6.29 Å². The van der Waals surface area contributed by atoms with Gasteiger partial charge in [-0.1, -0.05) is 24.6 Å². The average Bonchev–Trinajstić information content (AvgIpc) is 3.55. The number of rotatable bonds is 9. The van der Waals surface area contributed by atoms with E-state index >= 15 is 0 Å². The molecule has 0 radical (unpaired) electrons. The summed E-state index contributed by atoms with van der Waals surface area (Å²) in [5, 5.41) is 10.5. The summed E-state index contributed by atoms with van der Waals surface area (Å²) >= 11 is 6.39. The van der Waals surface area contributed by atoms with E-state index in [4.69, 9.17) is 16.3 Å². The summed E-state index contributed by atoms with van der Waals surface area (Å²) in [6.07, 6.45) is 8.47. The van der Waals surface area contributed by atoms with Crippen LogP contribution in [-0.2, 0) is 12.8 Å². The van der Waals surface area contributed by atoms with E-state index in [1.165, 1.54) is 25.9 Å². The lowest BCUT2D eigenvalue weighted by molar-refractivity contribution is 0.112. The molecule has 2 aromatic heterocycles. The maximum atomic E-state index is 12.1. The minimum absolute atomic E-state index is 0.594. The lowest BCUT2D eigenvalue weighted by atomic mass is 10.1. The van der Waals surface area contributed by atoms with Crippen LogP contribution in [0.25, 0.3) is 11.3 Å². The standard InChI is InChI=1S/C22H25ClN4O2.C4H9N/c1-4-14-17(23)6-5-7-18(14)26-22-16(13-28)19(9-10-24-2)27-21(22)15-8-11-25-12-20(15)29-3;1-2-4-5-3-1/h5-8,11-13,24,26-27H,4,9-10H2,1-3H3;5H,1-4H2. The van der Waals surface area contributed by atoms with Crippen LogP contribution in [0.3, 0.4) is 0 Å². The van der Waals surface area contributed by atoms with Gasteiger partial charge in [0.2, 0.25) is 0 Å². The van der Waals surface area contributed by atoms with E-state index in [9.17, 15) is 4.79 Å². The minimum atomic E-state index is 0.594. The molecule has 0 saturated carbocycles. The van der Waals surface area contributed by atoms with E-state index in [1.807, 2.05) is 31.3 Å². The highest BCUT2D eigenvalue weighted by Crippen LogP contribution is 2.39. The molecule has 4 rings (SSSR count). The van der Waals surface area contributed by atoms with Gasteiger partial charge in [0.25, 0.3) is 0 Å². The Balaban J connectivity index is 0.000000574. The molecule has 0 bridgehead atoms. The van der Waals surface area contributed by atoms with E-state index in [1.54, 1.807) is 19.5 Å². The zero-order valence-corrected chi connectivity index (χ0v) is 20.9. The maximum Gasteiger partial charge on any atom is 0.153 e. The Morgan fingerprint density at radius 2 is 2.03 bits per heavy atom. The normalized spacial score (nSPS) is 12.7. The van der Waals surface area contributed by atoms with Gasteiger partial charge >= 0.3 is 0 Å². The molecule has 7 nitrogen and oxygen atoms in total. The Hall–Kier alpha value is -2.87. The number of likely N-dealkylation sites (N-methyl/N-ethyl adjacent to an activating group) is 1. The first-order chi connectivity index (χ1) is 16.6. The molecule has 1 aromatic carbocycles. The second-order valence-corrected chi connectivity index (χ2v) is 8.42. The Bertz CT molecular complexity index is 1070. The van der Waals surface area contributed by atoms with Gasteiger partial charge in [0.1, 0.15) is 5.75 Å². The van der Waals surface area contributed by atoms with Gasteiger partial charge in [0, 0.05) is 41.1 Å². The summed E-state index contributed by atoms with van der Waals surface area (Å²) in [5.41, 5.74) is 5.62. The first-order valence-corrected chi connectivity index (χ1v) is 12.1. The second-order valence-electron chi connectivity index (χ2n) is 8.02. The molecule has 8 heteroatoms. The van der Waals surface area contributed by atoms with Gasteiger partial charge < -0.3 is 25.7 Å². The molecule has 34 heavy (non-hydrogen) atoms. The number of halogens is 1. The third-order valence-electron chi connectivity index (χ3n) is 5.83. The Morgan fingerprint density at radius 3 is 2.65 bits per heavy atom. The van der Waals surface area contributed by atoms with Gasteiger partial charge in [-0.3, -0.25) is 9.78 Å². The summed E-state index contributed by atoms with van der Waals surface area (Å²) in [6.45, 7) is 5.29. The molecule has 0 spiro atoms. The molecule has 1 fully saturated rings. The number of ether oxygens (including phenoxy) is 1. The Morgan fingerprint density at radius 1 is 1.24 bits per heavy atom. The van der Waals surface area contributed by atoms with Crippen molar-refractivity contribution in [1.82, 2.24) is 20.6 Å². The highest BCUT2D eigenvalue weighted by Gasteiger charge is 2.21. The van der Waals surface area contributed by atoms with Crippen molar-refractivity contribution in [2.45, 2.75) is 32.6 Å². The van der Waals surface area contributed by atoms with E-state index in [0.717, 1.165) is 47.5 Å². The quantitative estimate of drug-likeness (QED) is 0.320. The molecule has 3 heterocycles. The van der Waals surface area contributed by atoms with Gasteiger partial charge in [0.05, 0.1) is 30.3 Å². The number of aromatic nitrogens is 2. The summed E-state index contributed by atoms with van der Waals surface area (Å²) < 4.78 is 5.50. The highest BCUT2D eigenvalue weighted by molar-refractivity contribution is 6.31. The smallest absolute Gasteiger partial charge is 0.153 e. The molecule has 182 valence electrons. The molecule has 1 saturated heterocycles. The van der Waals surface area contributed by atoms with Crippen molar-refractivity contribution in [2.75, 3.05) is 39.1 Å². The first kappa shape index (κ1) is 25.7. The van der Waals surface area contributed by atoms with Gasteiger partial charge in [-0.05, 0) is 63.2 Å². The number of nitrogens with one attached hydrogen (secondary N) is 4. The van der Waals surface area contributed by atoms with Crippen molar-refractivity contribution in [2.24, 2.45) is 0 Å². The van der Waals surface area contributed by atoms with Crippen molar-refractivity contribution in [3.05, 3.63) is 58.5 Å². The summed E-state index contributed by atoms with van der Waals surface area (Å²) in [5.74, 6) is 0.622. The van der Waals surface area contributed by atoms with E-state index < -0.39 is 0 Å². The zero-order valence-electron chi connectivity index (χ0n) is 20.1. The number of benzene rings is 1. The van der Waals surface area contributed by atoms with Gasteiger partial charge in [-0.15, -0.1) is 0 Å². The van der Waals surface area contributed by atoms with Crippen LogP contribution >= 0.6 is 11.6 Å². The van der Waals surface area contributed by atoms with Crippen LogP contribution in [0.2, 0.25) is 5.02 Å². The van der Waals surface area contributed by atoms with Crippen LogP contribution < -0.4 is 20.7 Å². The lowest BCUT2D eigenvalue weighted by Crippen LogP contribution is -2.11. The predicted molar refractivity (Wildman–Crippen MR) is 140 cm³/mol. The monoisotopic (exact) mass is 483 g/mol. The number of carbonyl (C=O) groups excluding carboxylic acids is 1. The fraction of sp³-hybridized carbons (Fsp3) is 0.385. The number of aromatic amines is 1. The van der Waals surface area contributed by atoms with Crippen molar-refractivity contribution >= 4 is 29.3 Å². The van der Waals surface area contributed by atoms with Crippen LogP contribution in [0.4, 0.5) is 11.4 Å². The topological polar surface area (TPSA) is 91.1 Å². The predicted octanol–water partition coefficient (Wildman–Crippen LogP) is 4.99. The van der Waals surface area contributed by atoms with Gasteiger partial charge in [-0.25, -0.2) is 0 Å². The number of H-pyrrole nitrogens is 1. The number of pyridine rings is 1. The number of anilines is 2. The van der Waals surface area contributed by atoms with Crippen LogP contribution in [0, 0.1) is 0 Å². The molecule has 1 aliphatic rings. The van der Waals surface area contributed by atoms with Crippen LogP contribution in [0.1, 0.15) is 41.4 Å². The molecule has 1 aliphatic heterocycles. The van der Waals surface area contributed by atoms with Crippen molar-refractivity contribution in [1.29, 1.82) is 0 Å². The molecule has 0 aliphatic carbocycles. The number of hydrogen-bond acceptors (Lipinski definition) is 6. The number of methoxy groups -OCH3 is 1. The number of nitrogens with zero attached hydrogens (tertiary/aromatic N) is 1. The maximum absolute atomic E-state index is 12.1. The molecule has 0 amide bonds. The molecule has 0 atom stereocenters. The largest absolute Gasteiger partial charge is 0.494 e. The van der Waals surface area contributed by atoms with E-state index in [2.05, 4.69) is 32.8 Å². The first-order valence-electron chi connectivity index (χ1n) is 11.7. The fourth-order valence-electron chi connectivity index (χ4n) is 4.02. The van der Waals surface area contributed by atoms with E-state index in [-0.39, 0.29) is 0 Å². The average molecular weight is 484 g/mol. The lowest BCUT2D eigenvalue weighted by Gasteiger charge is -2.15. The highest BCUT2D eigenvalue weighted by atomic mass is 35.5. The summed E-state index contributed by atoms with van der Waals surface area (Å²) in [6, 6.07) is 7.60. The van der Waals surface area contributed by atoms with Crippen molar-refractivity contribution in [3.63, 3.8) is 0 Å². The number of aldehydes is 1. The van der Waals surface area contributed by atoms with Crippen LogP contribution in [0.15, 0.2) is 36.7 Å². The SMILES string of the molecule is C1CCNC1.CCc1c(Cl)cccc1Nc1c(-c2ccncc2OC)[nH]c(CCNC)c1C=O. The van der Waals surface area contributed by atoms with Crippen LogP contribution in [0.5, 0.6) is 5.75 Å². The molecular weight excluding hydrogens is 450 g/mol. The number of carbonyl (C=O) groups is 1. The van der Waals surface area contributed by atoms with Crippen LogP contribution in [-0.4, -0.2) is 50.0 Å². The van der Waals surface area contributed by atoms with E-state index in [0.29, 0.717) is 28.4 Å². The molecule has 0 unspecified atom stereocenters. The summed E-state index contributed by atoms with van der Waals surface area (Å²) in [4.78, 5) is 19.6. The molecule has 4 N–H and O–H groups in total. The fourth-order valence-corrected chi connectivity index (χ4v) is 4.33. The number of hydrogen-bond donors (Lipinski definition) is 4. The Labute approximate surface area is 206 Å². The zero-order chi connectivity index (χ0) is 24.3. The third-order valence-corrected chi connectivity index (χ3v) is 6.18. The van der Waals surface area contributed by atoms with Crippen molar-refractivity contribution < 1.29 is 9.53 Å². The second kappa shape index (κ2) is 13.1. The Kier molecular flexibility index (Phi) is 9.94. The third kappa shape index (κ3) is 6.17. The van der Waals surface area contributed by atoms with Gasteiger partial charge in [-0.2, -0.15) is 0 Å². The van der Waals surface area contributed by atoms with Crippen molar-refractivity contribution in [3.8, 4) is 17.0 Å². The molecule has 3 aromatic rings. The summed E-state index contributed by atoms with van der Waals surface area (Å²) in [7, 11) is 3.49. The minimum Gasteiger partial charge on any atom is -0.494 e. The molecular formula is C26H34ClN5O2.